The molecular weight excluding hydrogens is 264 g/mol. The molecule has 21 heavy (non-hydrogen) atoms. The van der Waals surface area contributed by atoms with Gasteiger partial charge in [0.05, 0.1) is 0 Å². The highest BCUT2D eigenvalue weighted by molar-refractivity contribution is 5.89. The van der Waals surface area contributed by atoms with E-state index in [9.17, 15) is 4.79 Å². The first kappa shape index (κ1) is 15.0. The van der Waals surface area contributed by atoms with Crippen LogP contribution in [0.5, 0.6) is 0 Å². The molecule has 1 heterocycles. The summed E-state index contributed by atoms with van der Waals surface area (Å²) in [7, 11) is 0. The zero-order valence-corrected chi connectivity index (χ0v) is 12.3. The Morgan fingerprint density at radius 1 is 1.33 bits per heavy atom. The Morgan fingerprint density at radius 3 is 2.81 bits per heavy atom. The highest BCUT2D eigenvalue weighted by Gasteiger charge is 2.04. The number of nitrogens with zero attached hydrogens (tertiary/aromatic N) is 1. The third kappa shape index (κ3) is 4.57. The summed E-state index contributed by atoms with van der Waals surface area (Å²) in [6.07, 6.45) is 1.76. The summed E-state index contributed by atoms with van der Waals surface area (Å²) in [5.74, 6) is 0. The van der Waals surface area contributed by atoms with E-state index in [2.05, 4.69) is 15.6 Å². The minimum absolute atomic E-state index is 0.0616. The van der Waals surface area contributed by atoms with Crippen molar-refractivity contribution in [3.8, 4) is 0 Å². The van der Waals surface area contributed by atoms with Crippen molar-refractivity contribution in [2.75, 3.05) is 5.32 Å². The number of nitrogens with one attached hydrogen (secondary N) is 2. The number of anilines is 1. The molecule has 0 aliphatic rings. The number of aryl methyl sites for hydroxylation is 1. The van der Waals surface area contributed by atoms with Crippen LogP contribution in [0.2, 0.25) is 0 Å². The number of rotatable bonds is 4. The molecule has 2 rings (SSSR count). The summed E-state index contributed by atoms with van der Waals surface area (Å²) < 4.78 is 0. The number of amides is 2. The first-order valence-electron chi connectivity index (χ1n) is 6.86. The van der Waals surface area contributed by atoms with Gasteiger partial charge in [0.1, 0.15) is 0 Å². The van der Waals surface area contributed by atoms with Gasteiger partial charge in [-0.1, -0.05) is 18.2 Å². The zero-order valence-electron chi connectivity index (χ0n) is 12.3. The van der Waals surface area contributed by atoms with Crippen LogP contribution in [0.15, 0.2) is 42.6 Å². The van der Waals surface area contributed by atoms with Crippen molar-refractivity contribution in [2.24, 2.45) is 5.73 Å². The van der Waals surface area contributed by atoms with Gasteiger partial charge in [0, 0.05) is 30.2 Å². The highest BCUT2D eigenvalue weighted by atomic mass is 16.2. The number of urea groups is 1. The number of hydrogen-bond donors (Lipinski definition) is 3. The largest absolute Gasteiger partial charge is 0.334 e. The van der Waals surface area contributed by atoms with E-state index in [1.807, 2.05) is 50.2 Å². The fourth-order valence-electron chi connectivity index (χ4n) is 1.86. The lowest BCUT2D eigenvalue weighted by molar-refractivity contribution is 0.251. The van der Waals surface area contributed by atoms with E-state index in [0.29, 0.717) is 6.54 Å². The quantitative estimate of drug-likeness (QED) is 0.807. The molecule has 1 unspecified atom stereocenters. The minimum Gasteiger partial charge on any atom is -0.334 e. The summed E-state index contributed by atoms with van der Waals surface area (Å²) in [5.41, 5.74) is 9.45. The van der Waals surface area contributed by atoms with E-state index < -0.39 is 0 Å². The Kier molecular flexibility index (Phi) is 4.90. The van der Waals surface area contributed by atoms with E-state index in [1.54, 1.807) is 6.20 Å². The second-order valence-electron chi connectivity index (χ2n) is 5.03. The fraction of sp³-hybridized carbons (Fsp3) is 0.250. The Balaban J connectivity index is 1.89. The summed E-state index contributed by atoms with van der Waals surface area (Å²) in [5, 5.41) is 5.59. The van der Waals surface area contributed by atoms with Crippen molar-refractivity contribution in [1.29, 1.82) is 0 Å². The zero-order chi connectivity index (χ0) is 15.2. The Hall–Kier alpha value is -2.40. The summed E-state index contributed by atoms with van der Waals surface area (Å²) in [6.45, 7) is 4.27. The maximum Gasteiger partial charge on any atom is 0.319 e. The van der Waals surface area contributed by atoms with Crippen LogP contribution < -0.4 is 16.4 Å². The molecule has 0 bridgehead atoms. The molecule has 0 saturated carbocycles. The molecule has 0 saturated heterocycles. The third-order valence-corrected chi connectivity index (χ3v) is 3.10. The second-order valence-corrected chi connectivity index (χ2v) is 5.03. The second kappa shape index (κ2) is 6.85. The maximum absolute atomic E-state index is 11.9. The van der Waals surface area contributed by atoms with Gasteiger partial charge in [-0.15, -0.1) is 0 Å². The monoisotopic (exact) mass is 284 g/mol. The van der Waals surface area contributed by atoms with Crippen LogP contribution in [-0.4, -0.2) is 11.0 Å². The van der Waals surface area contributed by atoms with E-state index in [4.69, 9.17) is 5.73 Å². The number of carbonyl (C=O) groups excluding carboxylic acids is 1. The molecule has 5 nitrogen and oxygen atoms in total. The Labute approximate surface area is 124 Å². The predicted octanol–water partition coefficient (Wildman–Crippen LogP) is 2.73. The van der Waals surface area contributed by atoms with Gasteiger partial charge < -0.3 is 16.4 Å². The molecule has 1 atom stereocenters. The smallest absolute Gasteiger partial charge is 0.319 e. The minimum atomic E-state index is -0.252. The molecule has 0 aliphatic heterocycles. The average molecular weight is 284 g/mol. The summed E-state index contributed by atoms with van der Waals surface area (Å²) in [4.78, 5) is 16.0. The lowest BCUT2D eigenvalue weighted by Gasteiger charge is -2.10. The molecule has 0 aliphatic carbocycles. The molecular formula is C16H20N4O. The lowest BCUT2D eigenvalue weighted by atomic mass is 10.1. The van der Waals surface area contributed by atoms with Crippen molar-refractivity contribution >= 4 is 11.7 Å². The van der Waals surface area contributed by atoms with Crippen LogP contribution in [0.1, 0.15) is 29.8 Å². The first-order valence-corrected chi connectivity index (χ1v) is 6.86. The van der Waals surface area contributed by atoms with Crippen LogP contribution in [0, 0.1) is 6.92 Å². The van der Waals surface area contributed by atoms with Crippen LogP contribution in [-0.2, 0) is 6.54 Å². The molecule has 110 valence electrons. The van der Waals surface area contributed by atoms with E-state index in [1.165, 1.54) is 0 Å². The van der Waals surface area contributed by atoms with E-state index in [0.717, 1.165) is 22.5 Å². The number of aromatic nitrogens is 1. The third-order valence-electron chi connectivity index (χ3n) is 3.10. The van der Waals surface area contributed by atoms with Crippen LogP contribution in [0.3, 0.4) is 0 Å². The summed E-state index contributed by atoms with van der Waals surface area (Å²) >= 11 is 0. The predicted molar refractivity (Wildman–Crippen MR) is 83.9 cm³/mol. The van der Waals surface area contributed by atoms with Gasteiger partial charge in [0.25, 0.3) is 0 Å². The topological polar surface area (TPSA) is 80.0 Å². The van der Waals surface area contributed by atoms with Crippen molar-refractivity contribution in [3.63, 3.8) is 0 Å². The maximum atomic E-state index is 11.9. The number of benzene rings is 1. The number of hydrogen-bond acceptors (Lipinski definition) is 3. The average Bonchev–Trinajstić information content (AvgIpc) is 2.47. The number of carbonyl (C=O) groups is 1. The fourth-order valence-corrected chi connectivity index (χ4v) is 1.86. The van der Waals surface area contributed by atoms with Gasteiger partial charge >= 0.3 is 6.03 Å². The number of pyridine rings is 1. The SMILES string of the molecule is Cc1ccc(CNC(=O)Nc2cccc(C(C)N)c2)cn1. The molecule has 0 spiro atoms. The van der Waals surface area contributed by atoms with Crippen molar-refractivity contribution in [1.82, 2.24) is 10.3 Å². The van der Waals surface area contributed by atoms with Crippen LogP contribution >= 0.6 is 0 Å². The first-order chi connectivity index (χ1) is 10.0. The number of nitrogens with two attached hydrogens (primary N) is 1. The Bertz CT molecular complexity index is 608. The molecule has 2 amide bonds. The standard InChI is InChI=1S/C16H20N4O/c1-11-6-7-13(9-18-11)10-19-16(21)20-15-5-3-4-14(8-15)12(2)17/h3-9,12H,10,17H2,1-2H3,(H2,19,20,21). The van der Waals surface area contributed by atoms with Gasteiger partial charge in [-0.25, -0.2) is 4.79 Å². The van der Waals surface area contributed by atoms with Crippen molar-refractivity contribution in [3.05, 3.63) is 59.4 Å². The molecule has 5 heteroatoms. The van der Waals surface area contributed by atoms with Crippen LogP contribution in [0.25, 0.3) is 0 Å². The van der Waals surface area contributed by atoms with Crippen molar-refractivity contribution in [2.45, 2.75) is 26.4 Å². The molecule has 2 aromatic rings. The highest BCUT2D eigenvalue weighted by Crippen LogP contribution is 2.15. The molecule has 0 radical (unpaired) electrons. The van der Waals surface area contributed by atoms with Gasteiger partial charge in [-0.3, -0.25) is 4.98 Å². The molecule has 0 fully saturated rings. The van der Waals surface area contributed by atoms with Crippen LogP contribution in [0.4, 0.5) is 10.5 Å². The normalized spacial score (nSPS) is 11.8. The van der Waals surface area contributed by atoms with E-state index >= 15 is 0 Å². The van der Waals surface area contributed by atoms with Crippen molar-refractivity contribution < 1.29 is 4.79 Å². The molecule has 1 aromatic carbocycles. The summed E-state index contributed by atoms with van der Waals surface area (Å²) in [6, 6.07) is 11.1. The van der Waals surface area contributed by atoms with Gasteiger partial charge in [0.2, 0.25) is 0 Å². The molecule has 1 aromatic heterocycles. The van der Waals surface area contributed by atoms with Gasteiger partial charge in [-0.2, -0.15) is 0 Å². The lowest BCUT2D eigenvalue weighted by Crippen LogP contribution is -2.28. The van der Waals surface area contributed by atoms with Gasteiger partial charge in [0.15, 0.2) is 0 Å². The van der Waals surface area contributed by atoms with Gasteiger partial charge in [-0.05, 0) is 43.2 Å². The Morgan fingerprint density at radius 2 is 2.14 bits per heavy atom. The van der Waals surface area contributed by atoms with E-state index in [-0.39, 0.29) is 12.1 Å². The molecule has 4 N–H and O–H groups in total.